The van der Waals surface area contributed by atoms with Gasteiger partial charge in [-0.2, -0.15) is 4.31 Å². The lowest BCUT2D eigenvalue weighted by Gasteiger charge is -2.34. The Morgan fingerprint density at radius 2 is 1.45 bits per heavy atom. The van der Waals surface area contributed by atoms with E-state index in [9.17, 15) is 13.2 Å². The Balaban J connectivity index is 1.60. The van der Waals surface area contributed by atoms with Gasteiger partial charge < -0.3 is 5.32 Å². The summed E-state index contributed by atoms with van der Waals surface area (Å²) in [5.41, 5.74) is 4.53. The summed E-state index contributed by atoms with van der Waals surface area (Å²) in [5.74, 6) is -0.0876. The number of rotatable bonds is 5. The second-order valence-corrected chi connectivity index (χ2v) is 9.70. The van der Waals surface area contributed by atoms with Gasteiger partial charge in [-0.3, -0.25) is 9.69 Å². The van der Waals surface area contributed by atoms with E-state index in [1.165, 1.54) is 4.31 Å². The molecule has 0 aliphatic carbocycles. The first-order valence-corrected chi connectivity index (χ1v) is 11.3. The highest BCUT2D eigenvalue weighted by molar-refractivity contribution is 7.89. The molecule has 0 unspecified atom stereocenters. The number of sulfonamides is 1. The molecule has 1 N–H and O–H groups in total. The predicted molar refractivity (Wildman–Crippen MR) is 116 cm³/mol. The van der Waals surface area contributed by atoms with Crippen molar-refractivity contribution in [3.8, 4) is 0 Å². The summed E-state index contributed by atoms with van der Waals surface area (Å²) in [5, 5.41) is 2.89. The number of nitrogens with one attached hydrogen (secondary N) is 1. The third-order valence-electron chi connectivity index (χ3n) is 5.24. The number of hydrogen-bond acceptors (Lipinski definition) is 4. The molecule has 0 bridgehead atoms. The van der Waals surface area contributed by atoms with Crippen molar-refractivity contribution in [1.82, 2.24) is 9.21 Å². The maximum absolute atomic E-state index is 13.2. The molecule has 0 radical (unpaired) electrons. The smallest absolute Gasteiger partial charge is 0.243 e. The van der Waals surface area contributed by atoms with Crippen LogP contribution >= 0.6 is 0 Å². The Morgan fingerprint density at radius 1 is 0.897 bits per heavy atom. The summed E-state index contributed by atoms with van der Waals surface area (Å²) in [4.78, 5) is 14.7. The molecule has 1 amide bonds. The average molecular weight is 416 g/mol. The lowest BCUT2D eigenvalue weighted by atomic mass is 10.1. The number of hydrogen-bond donors (Lipinski definition) is 1. The molecule has 1 aliphatic rings. The zero-order chi connectivity index (χ0) is 21.2. The number of piperazine rings is 1. The minimum Gasteiger partial charge on any atom is -0.325 e. The fourth-order valence-electron chi connectivity index (χ4n) is 3.87. The molecule has 29 heavy (non-hydrogen) atoms. The van der Waals surface area contributed by atoms with E-state index in [4.69, 9.17) is 0 Å². The van der Waals surface area contributed by atoms with Gasteiger partial charge in [0.05, 0.1) is 11.4 Å². The number of aryl methyl sites for hydroxylation is 4. The molecule has 2 aromatic rings. The molecular weight excluding hydrogens is 386 g/mol. The van der Waals surface area contributed by atoms with Crippen molar-refractivity contribution in [2.24, 2.45) is 0 Å². The number of nitrogens with zero attached hydrogens (tertiary/aromatic N) is 2. The normalized spacial score (nSPS) is 16.0. The maximum Gasteiger partial charge on any atom is 0.243 e. The topological polar surface area (TPSA) is 69.7 Å². The van der Waals surface area contributed by atoms with Crippen LogP contribution in [0.3, 0.4) is 0 Å². The molecule has 156 valence electrons. The zero-order valence-corrected chi connectivity index (χ0v) is 18.3. The van der Waals surface area contributed by atoms with Crippen molar-refractivity contribution >= 4 is 21.6 Å². The van der Waals surface area contributed by atoms with E-state index in [-0.39, 0.29) is 12.5 Å². The molecule has 3 rings (SSSR count). The minimum absolute atomic E-state index is 0.0876. The van der Waals surface area contributed by atoms with Gasteiger partial charge >= 0.3 is 0 Å². The lowest BCUT2D eigenvalue weighted by molar-refractivity contribution is -0.117. The third-order valence-corrected chi connectivity index (χ3v) is 7.44. The van der Waals surface area contributed by atoms with Crippen molar-refractivity contribution in [2.75, 3.05) is 38.0 Å². The van der Waals surface area contributed by atoms with Crippen LogP contribution in [-0.2, 0) is 14.8 Å². The average Bonchev–Trinajstić information content (AvgIpc) is 2.63. The standard InChI is InChI=1S/C22H29N3O3S/c1-16-5-7-20(8-6-16)23-21(26)15-24-9-11-25(12-10-24)29(27,28)22-18(3)13-17(2)14-19(22)4/h5-8,13-14H,9-12,15H2,1-4H3,(H,23,26). The van der Waals surface area contributed by atoms with E-state index in [0.717, 1.165) is 27.9 Å². The molecule has 7 heteroatoms. The van der Waals surface area contributed by atoms with Crippen molar-refractivity contribution in [3.63, 3.8) is 0 Å². The van der Waals surface area contributed by atoms with Crippen LogP contribution < -0.4 is 5.32 Å². The van der Waals surface area contributed by atoms with E-state index >= 15 is 0 Å². The molecule has 0 saturated carbocycles. The van der Waals surface area contributed by atoms with Gasteiger partial charge in [-0.05, 0) is 51.0 Å². The first-order chi connectivity index (χ1) is 13.7. The molecule has 0 aromatic heterocycles. The summed E-state index contributed by atoms with van der Waals surface area (Å²) < 4.78 is 27.9. The minimum atomic E-state index is -3.54. The SMILES string of the molecule is Cc1ccc(NC(=O)CN2CCN(S(=O)(=O)c3c(C)cc(C)cc3C)CC2)cc1. The maximum atomic E-state index is 13.2. The number of benzene rings is 2. The summed E-state index contributed by atoms with van der Waals surface area (Å²) in [6.07, 6.45) is 0. The molecule has 1 aliphatic heterocycles. The largest absolute Gasteiger partial charge is 0.325 e. The van der Waals surface area contributed by atoms with Crippen LogP contribution in [0.15, 0.2) is 41.3 Å². The highest BCUT2D eigenvalue weighted by Gasteiger charge is 2.31. The molecular formula is C22H29N3O3S. The molecule has 1 saturated heterocycles. The summed E-state index contributed by atoms with van der Waals surface area (Å²) in [6, 6.07) is 11.5. The first kappa shape index (κ1) is 21.5. The third kappa shape index (κ3) is 5.04. The monoisotopic (exact) mass is 415 g/mol. The van der Waals surface area contributed by atoms with Crippen molar-refractivity contribution in [3.05, 3.63) is 58.7 Å². The number of amides is 1. The number of anilines is 1. The fraction of sp³-hybridized carbons (Fsp3) is 0.409. The first-order valence-electron chi connectivity index (χ1n) is 9.83. The summed E-state index contributed by atoms with van der Waals surface area (Å²) in [7, 11) is -3.54. The molecule has 1 fully saturated rings. The van der Waals surface area contributed by atoms with Crippen molar-refractivity contribution in [1.29, 1.82) is 0 Å². The van der Waals surface area contributed by atoms with Crippen LogP contribution in [0.2, 0.25) is 0 Å². The van der Waals surface area contributed by atoms with Gasteiger partial charge in [-0.25, -0.2) is 8.42 Å². The van der Waals surface area contributed by atoms with Crippen molar-refractivity contribution in [2.45, 2.75) is 32.6 Å². The second kappa shape index (κ2) is 8.65. The lowest BCUT2D eigenvalue weighted by Crippen LogP contribution is -2.50. The Kier molecular flexibility index (Phi) is 6.41. The van der Waals surface area contributed by atoms with Gasteiger partial charge in [0.2, 0.25) is 15.9 Å². The molecule has 2 aromatic carbocycles. The van der Waals surface area contributed by atoms with E-state index < -0.39 is 10.0 Å². The van der Waals surface area contributed by atoms with Crippen LogP contribution in [0.1, 0.15) is 22.3 Å². The molecule has 0 spiro atoms. The quantitative estimate of drug-likeness (QED) is 0.815. The Bertz CT molecular complexity index is 969. The molecule has 1 heterocycles. The Hall–Kier alpha value is -2.22. The van der Waals surface area contributed by atoms with E-state index in [2.05, 4.69) is 5.32 Å². The van der Waals surface area contributed by atoms with Crippen LogP contribution in [0, 0.1) is 27.7 Å². The zero-order valence-electron chi connectivity index (χ0n) is 17.5. The van der Waals surface area contributed by atoms with Gasteiger partial charge in [0.1, 0.15) is 0 Å². The Morgan fingerprint density at radius 3 is 2.00 bits per heavy atom. The molecule has 0 atom stereocenters. The van der Waals surface area contributed by atoms with Gasteiger partial charge in [-0.15, -0.1) is 0 Å². The van der Waals surface area contributed by atoms with Crippen LogP contribution in [0.4, 0.5) is 5.69 Å². The van der Waals surface area contributed by atoms with Crippen LogP contribution in [0.5, 0.6) is 0 Å². The van der Waals surface area contributed by atoms with Gasteiger partial charge in [0.15, 0.2) is 0 Å². The molecule has 6 nitrogen and oxygen atoms in total. The second-order valence-electron chi connectivity index (χ2n) is 7.82. The van der Waals surface area contributed by atoms with Gasteiger partial charge in [-0.1, -0.05) is 35.4 Å². The fourth-order valence-corrected chi connectivity index (χ4v) is 5.71. The van der Waals surface area contributed by atoms with Crippen LogP contribution in [-0.4, -0.2) is 56.3 Å². The number of carbonyl (C=O) groups is 1. The highest BCUT2D eigenvalue weighted by atomic mass is 32.2. The summed E-state index contributed by atoms with van der Waals surface area (Å²) >= 11 is 0. The number of carbonyl (C=O) groups excluding carboxylic acids is 1. The van der Waals surface area contributed by atoms with Crippen molar-refractivity contribution < 1.29 is 13.2 Å². The van der Waals surface area contributed by atoms with Gasteiger partial charge in [0, 0.05) is 31.9 Å². The van der Waals surface area contributed by atoms with Crippen LogP contribution in [0.25, 0.3) is 0 Å². The van der Waals surface area contributed by atoms with E-state index in [0.29, 0.717) is 31.1 Å². The predicted octanol–water partition coefficient (Wildman–Crippen LogP) is 2.87. The van der Waals surface area contributed by atoms with Gasteiger partial charge in [0.25, 0.3) is 0 Å². The Labute approximate surface area is 173 Å². The summed E-state index contributed by atoms with van der Waals surface area (Å²) in [6.45, 7) is 9.74. The van der Waals surface area contributed by atoms with E-state index in [1.54, 1.807) is 0 Å². The highest BCUT2D eigenvalue weighted by Crippen LogP contribution is 2.26. The van der Waals surface area contributed by atoms with E-state index in [1.807, 2.05) is 69.0 Å².